The zero-order chi connectivity index (χ0) is 18.9. The molecule has 0 spiro atoms. The van der Waals surface area contributed by atoms with Crippen LogP contribution in [0.25, 0.3) is 11.0 Å². The van der Waals surface area contributed by atoms with E-state index >= 15 is 0 Å². The molecule has 3 aromatic rings. The average molecular weight is 365 g/mol. The summed E-state index contributed by atoms with van der Waals surface area (Å²) in [4.78, 5) is 20.1. The number of imidazole rings is 1. The van der Waals surface area contributed by atoms with E-state index in [1.54, 1.807) is 23.2 Å². The first kappa shape index (κ1) is 18.0. The molecule has 9 heteroatoms. The highest BCUT2D eigenvalue weighted by atomic mass is 19.4. The second-order valence-corrected chi connectivity index (χ2v) is 6.06. The SMILES string of the molecule is Cn1c(=O)n(C)c2cc(CNc3nccc(CCC(F)(F)F)n3)ccc21. The van der Waals surface area contributed by atoms with Crippen LogP contribution in [0.2, 0.25) is 0 Å². The van der Waals surface area contributed by atoms with Gasteiger partial charge in [0.2, 0.25) is 5.95 Å². The molecule has 0 aliphatic carbocycles. The van der Waals surface area contributed by atoms with E-state index in [0.29, 0.717) is 12.2 Å². The van der Waals surface area contributed by atoms with Gasteiger partial charge in [-0.25, -0.2) is 14.8 Å². The lowest BCUT2D eigenvalue weighted by molar-refractivity contribution is -0.134. The monoisotopic (exact) mass is 365 g/mol. The van der Waals surface area contributed by atoms with Crippen molar-refractivity contribution in [3.05, 3.63) is 52.2 Å². The number of anilines is 1. The van der Waals surface area contributed by atoms with E-state index in [1.165, 1.54) is 12.3 Å². The van der Waals surface area contributed by atoms with Crippen molar-refractivity contribution >= 4 is 17.0 Å². The molecule has 0 aliphatic heterocycles. The van der Waals surface area contributed by atoms with Gasteiger partial charge in [0, 0.05) is 39.0 Å². The van der Waals surface area contributed by atoms with Crippen LogP contribution in [0.15, 0.2) is 35.3 Å². The van der Waals surface area contributed by atoms with Crippen molar-refractivity contribution in [3.63, 3.8) is 0 Å². The number of nitrogens with one attached hydrogen (secondary N) is 1. The molecule has 0 unspecified atom stereocenters. The highest BCUT2D eigenvalue weighted by molar-refractivity contribution is 5.76. The number of rotatable bonds is 5. The van der Waals surface area contributed by atoms with Crippen LogP contribution in [0.5, 0.6) is 0 Å². The molecule has 0 aliphatic rings. The van der Waals surface area contributed by atoms with E-state index in [4.69, 9.17) is 0 Å². The van der Waals surface area contributed by atoms with Gasteiger partial charge in [0.1, 0.15) is 0 Å². The molecular weight excluding hydrogens is 347 g/mol. The number of benzene rings is 1. The molecule has 138 valence electrons. The van der Waals surface area contributed by atoms with Crippen molar-refractivity contribution in [1.82, 2.24) is 19.1 Å². The van der Waals surface area contributed by atoms with Crippen LogP contribution in [0.1, 0.15) is 17.7 Å². The molecule has 0 radical (unpaired) electrons. The van der Waals surface area contributed by atoms with Crippen LogP contribution >= 0.6 is 0 Å². The van der Waals surface area contributed by atoms with Gasteiger partial charge in [-0.05, 0) is 30.2 Å². The average Bonchev–Trinajstić information content (AvgIpc) is 2.82. The summed E-state index contributed by atoms with van der Waals surface area (Å²) in [5.74, 6) is 0.270. The highest BCUT2D eigenvalue weighted by Gasteiger charge is 2.26. The second-order valence-electron chi connectivity index (χ2n) is 6.06. The molecule has 1 N–H and O–H groups in total. The number of alkyl halides is 3. The lowest BCUT2D eigenvalue weighted by atomic mass is 10.2. The topological polar surface area (TPSA) is 64.7 Å². The quantitative estimate of drug-likeness (QED) is 0.755. The van der Waals surface area contributed by atoms with E-state index in [1.807, 2.05) is 18.2 Å². The van der Waals surface area contributed by atoms with Crippen LogP contribution < -0.4 is 11.0 Å². The molecule has 0 saturated heterocycles. The summed E-state index contributed by atoms with van der Waals surface area (Å²) in [5.41, 5.74) is 2.76. The van der Waals surface area contributed by atoms with Gasteiger partial charge in [-0.3, -0.25) is 9.13 Å². The van der Waals surface area contributed by atoms with Crippen LogP contribution in [0.3, 0.4) is 0 Å². The van der Waals surface area contributed by atoms with Gasteiger partial charge in [0.15, 0.2) is 0 Å². The van der Waals surface area contributed by atoms with Crippen molar-refractivity contribution in [2.45, 2.75) is 25.6 Å². The molecule has 3 rings (SSSR count). The van der Waals surface area contributed by atoms with Crippen molar-refractivity contribution in [3.8, 4) is 0 Å². The second kappa shape index (κ2) is 6.81. The zero-order valence-electron chi connectivity index (χ0n) is 14.3. The molecule has 0 saturated carbocycles. The van der Waals surface area contributed by atoms with Crippen LogP contribution in [0, 0.1) is 0 Å². The van der Waals surface area contributed by atoms with Gasteiger partial charge in [-0.15, -0.1) is 0 Å². The number of aromatic nitrogens is 4. The number of fused-ring (bicyclic) bond motifs is 1. The third-order valence-corrected chi connectivity index (χ3v) is 4.16. The maximum atomic E-state index is 12.3. The summed E-state index contributed by atoms with van der Waals surface area (Å²) in [6, 6.07) is 7.09. The lowest BCUT2D eigenvalue weighted by Crippen LogP contribution is -2.19. The zero-order valence-corrected chi connectivity index (χ0v) is 14.3. The Hall–Kier alpha value is -2.84. The Labute approximate surface area is 147 Å². The van der Waals surface area contributed by atoms with Gasteiger partial charge in [0.05, 0.1) is 11.0 Å². The molecule has 0 bridgehead atoms. The molecule has 0 atom stereocenters. The maximum absolute atomic E-state index is 12.3. The normalized spacial score (nSPS) is 11.9. The fourth-order valence-electron chi connectivity index (χ4n) is 2.73. The van der Waals surface area contributed by atoms with E-state index in [0.717, 1.165) is 16.6 Å². The van der Waals surface area contributed by atoms with Crippen molar-refractivity contribution in [2.75, 3.05) is 5.32 Å². The minimum absolute atomic E-state index is 0.106. The van der Waals surface area contributed by atoms with E-state index < -0.39 is 12.6 Å². The predicted molar refractivity (Wildman–Crippen MR) is 91.9 cm³/mol. The summed E-state index contributed by atoms with van der Waals surface area (Å²) in [5, 5.41) is 3.01. The Kier molecular flexibility index (Phi) is 4.71. The Morgan fingerprint density at radius 1 is 1.12 bits per heavy atom. The van der Waals surface area contributed by atoms with E-state index in [9.17, 15) is 18.0 Å². The van der Waals surface area contributed by atoms with Crippen LogP contribution in [-0.2, 0) is 27.1 Å². The van der Waals surface area contributed by atoms with Gasteiger partial charge in [0.25, 0.3) is 0 Å². The number of halogens is 3. The Bertz CT molecular complexity index is 990. The molecule has 6 nitrogen and oxygen atoms in total. The Morgan fingerprint density at radius 3 is 2.58 bits per heavy atom. The van der Waals surface area contributed by atoms with E-state index in [-0.39, 0.29) is 18.1 Å². The number of nitrogens with zero attached hydrogens (tertiary/aromatic N) is 4. The van der Waals surface area contributed by atoms with Crippen LogP contribution in [0.4, 0.5) is 19.1 Å². The predicted octanol–water partition coefficient (Wildman–Crippen LogP) is 2.77. The Balaban J connectivity index is 1.72. The first-order valence-electron chi connectivity index (χ1n) is 8.01. The molecule has 2 heterocycles. The fourth-order valence-corrected chi connectivity index (χ4v) is 2.73. The first-order chi connectivity index (χ1) is 12.2. The van der Waals surface area contributed by atoms with Crippen molar-refractivity contribution < 1.29 is 13.2 Å². The highest BCUT2D eigenvalue weighted by Crippen LogP contribution is 2.21. The molecular formula is C17H18F3N5O. The summed E-state index contributed by atoms with van der Waals surface area (Å²) in [6.07, 6.45) is -3.87. The summed E-state index contributed by atoms with van der Waals surface area (Å²) < 4.78 is 40.1. The molecule has 0 amide bonds. The number of aryl methyl sites for hydroxylation is 3. The van der Waals surface area contributed by atoms with Gasteiger partial charge in [-0.2, -0.15) is 13.2 Å². The van der Waals surface area contributed by atoms with Gasteiger partial charge < -0.3 is 5.32 Å². The molecule has 26 heavy (non-hydrogen) atoms. The summed E-state index contributed by atoms with van der Waals surface area (Å²) in [7, 11) is 3.41. The van der Waals surface area contributed by atoms with Crippen LogP contribution in [-0.4, -0.2) is 25.3 Å². The fraction of sp³-hybridized carbons (Fsp3) is 0.353. The number of hydrogen-bond acceptors (Lipinski definition) is 4. The smallest absolute Gasteiger partial charge is 0.350 e. The minimum atomic E-state index is -4.21. The molecule has 1 aromatic carbocycles. The van der Waals surface area contributed by atoms with Crippen molar-refractivity contribution in [1.29, 1.82) is 0 Å². The van der Waals surface area contributed by atoms with Gasteiger partial charge in [-0.1, -0.05) is 6.07 Å². The third-order valence-electron chi connectivity index (χ3n) is 4.16. The largest absolute Gasteiger partial charge is 0.389 e. The summed E-state index contributed by atoms with van der Waals surface area (Å²) in [6.45, 7) is 0.391. The molecule has 2 aromatic heterocycles. The summed E-state index contributed by atoms with van der Waals surface area (Å²) >= 11 is 0. The van der Waals surface area contributed by atoms with E-state index in [2.05, 4.69) is 15.3 Å². The number of hydrogen-bond donors (Lipinski definition) is 1. The standard InChI is InChI=1S/C17H18F3N5O/c1-24-13-4-3-11(9-14(13)25(2)16(24)26)10-22-15-21-8-6-12(23-15)5-7-17(18,19)20/h3-4,6,8-9H,5,7,10H2,1-2H3,(H,21,22,23). The van der Waals surface area contributed by atoms with Gasteiger partial charge >= 0.3 is 11.9 Å². The van der Waals surface area contributed by atoms with Crippen molar-refractivity contribution in [2.24, 2.45) is 14.1 Å². The minimum Gasteiger partial charge on any atom is -0.350 e. The maximum Gasteiger partial charge on any atom is 0.389 e. The first-order valence-corrected chi connectivity index (χ1v) is 8.01. The lowest BCUT2D eigenvalue weighted by Gasteiger charge is -2.08. The Morgan fingerprint density at radius 2 is 1.85 bits per heavy atom. The molecule has 0 fully saturated rings. The third kappa shape index (κ3) is 3.87.